The van der Waals surface area contributed by atoms with Gasteiger partial charge in [-0.15, -0.1) is 0 Å². The summed E-state index contributed by atoms with van der Waals surface area (Å²) in [7, 11) is 0. The summed E-state index contributed by atoms with van der Waals surface area (Å²) in [6.45, 7) is 3.15. The minimum Gasteiger partial charge on any atom is -0.370 e. The molecule has 0 amide bonds. The lowest BCUT2D eigenvalue weighted by Gasteiger charge is -2.05. The summed E-state index contributed by atoms with van der Waals surface area (Å²) in [5.41, 5.74) is 21.7. The zero-order valence-corrected chi connectivity index (χ0v) is 13.2. The maximum atomic E-state index is 5.78. The van der Waals surface area contributed by atoms with Crippen molar-refractivity contribution in [2.75, 3.05) is 26.2 Å². The number of hydrogen-bond acceptors (Lipinski definition) is 3. The molecular formula is C14H33N7. The molecule has 0 atom stereocenters. The number of guanidine groups is 2. The zero-order valence-electron chi connectivity index (χ0n) is 13.2. The van der Waals surface area contributed by atoms with Crippen molar-refractivity contribution in [2.45, 2.75) is 51.4 Å². The van der Waals surface area contributed by atoms with Gasteiger partial charge in [0, 0.05) is 19.6 Å². The zero-order chi connectivity index (χ0) is 15.8. The summed E-state index contributed by atoms with van der Waals surface area (Å²) in [4.78, 5) is 8.24. The predicted octanol–water partition coefficient (Wildman–Crippen LogP) is 0.244. The van der Waals surface area contributed by atoms with Gasteiger partial charge in [-0.1, -0.05) is 25.7 Å². The SMILES string of the molecule is NCCCCCCN=C(N)NCCCCCCN=C(N)N. The summed E-state index contributed by atoms with van der Waals surface area (Å²) >= 11 is 0. The van der Waals surface area contributed by atoms with Crippen molar-refractivity contribution in [3.05, 3.63) is 0 Å². The van der Waals surface area contributed by atoms with Crippen molar-refractivity contribution >= 4 is 11.9 Å². The van der Waals surface area contributed by atoms with Gasteiger partial charge in [0.1, 0.15) is 0 Å². The van der Waals surface area contributed by atoms with E-state index in [2.05, 4.69) is 15.3 Å². The maximum absolute atomic E-state index is 5.78. The number of nitrogens with one attached hydrogen (secondary N) is 1. The van der Waals surface area contributed by atoms with Crippen LogP contribution in [0.4, 0.5) is 0 Å². The molecule has 9 N–H and O–H groups in total. The number of rotatable bonds is 13. The number of aliphatic imine (C=N–C) groups is 2. The monoisotopic (exact) mass is 299 g/mol. The molecule has 21 heavy (non-hydrogen) atoms. The lowest BCUT2D eigenvalue weighted by Crippen LogP contribution is -2.32. The van der Waals surface area contributed by atoms with E-state index >= 15 is 0 Å². The minimum atomic E-state index is 0.170. The number of nitrogens with two attached hydrogens (primary N) is 4. The Balaban J connectivity index is 3.32. The third kappa shape index (κ3) is 16.4. The van der Waals surface area contributed by atoms with Gasteiger partial charge in [-0.2, -0.15) is 0 Å². The molecule has 0 fully saturated rings. The average Bonchev–Trinajstić information content (AvgIpc) is 2.45. The number of unbranched alkanes of at least 4 members (excludes halogenated alkanes) is 6. The summed E-state index contributed by atoms with van der Waals surface area (Å²) in [5.74, 6) is 0.720. The quantitative estimate of drug-likeness (QED) is 0.188. The Morgan fingerprint density at radius 1 is 0.714 bits per heavy atom. The van der Waals surface area contributed by atoms with Crippen LogP contribution >= 0.6 is 0 Å². The fraction of sp³-hybridized carbons (Fsp3) is 0.857. The van der Waals surface area contributed by atoms with Crippen molar-refractivity contribution in [1.29, 1.82) is 0 Å². The van der Waals surface area contributed by atoms with Crippen molar-refractivity contribution in [3.63, 3.8) is 0 Å². The Labute approximate surface area is 128 Å². The Morgan fingerprint density at radius 3 is 1.90 bits per heavy atom. The van der Waals surface area contributed by atoms with Crippen molar-refractivity contribution < 1.29 is 0 Å². The van der Waals surface area contributed by atoms with Gasteiger partial charge in [-0.3, -0.25) is 9.98 Å². The summed E-state index contributed by atoms with van der Waals surface area (Å²) in [5, 5.41) is 3.13. The first-order chi connectivity index (χ1) is 10.2. The number of hydrogen-bond donors (Lipinski definition) is 5. The minimum absolute atomic E-state index is 0.170. The normalized spacial score (nSPS) is 11.4. The van der Waals surface area contributed by atoms with Gasteiger partial charge in [0.2, 0.25) is 0 Å². The molecule has 0 aromatic heterocycles. The van der Waals surface area contributed by atoms with Crippen LogP contribution < -0.4 is 28.3 Å². The van der Waals surface area contributed by atoms with Crippen LogP contribution in [-0.4, -0.2) is 38.1 Å². The molecule has 0 rings (SSSR count). The topological polar surface area (TPSA) is 141 Å². The molecule has 0 aromatic carbocycles. The average molecular weight is 299 g/mol. The van der Waals surface area contributed by atoms with E-state index in [1.807, 2.05) is 0 Å². The molecule has 0 aliphatic carbocycles. The second-order valence-corrected chi connectivity index (χ2v) is 5.12. The molecule has 0 aliphatic rings. The van der Waals surface area contributed by atoms with Crippen LogP contribution in [0.5, 0.6) is 0 Å². The fourth-order valence-electron chi connectivity index (χ4n) is 1.88. The molecule has 7 heteroatoms. The third-order valence-corrected chi connectivity index (χ3v) is 3.08. The summed E-state index contributed by atoms with van der Waals surface area (Å²) in [6, 6.07) is 0. The van der Waals surface area contributed by atoms with Crippen LogP contribution in [0.1, 0.15) is 51.4 Å². The predicted molar refractivity (Wildman–Crippen MR) is 91.2 cm³/mol. The van der Waals surface area contributed by atoms with Crippen molar-refractivity contribution in [3.8, 4) is 0 Å². The first kappa shape index (κ1) is 19.5. The lowest BCUT2D eigenvalue weighted by atomic mass is 10.2. The Bertz CT molecular complexity index is 285. The number of nitrogens with zero attached hydrogens (tertiary/aromatic N) is 2. The van der Waals surface area contributed by atoms with Crippen molar-refractivity contribution in [2.24, 2.45) is 32.9 Å². The molecule has 0 aromatic rings. The van der Waals surface area contributed by atoms with E-state index in [0.29, 0.717) is 12.5 Å². The molecule has 7 nitrogen and oxygen atoms in total. The van der Waals surface area contributed by atoms with Crippen LogP contribution in [0.25, 0.3) is 0 Å². The van der Waals surface area contributed by atoms with Crippen molar-refractivity contribution in [1.82, 2.24) is 5.32 Å². The van der Waals surface area contributed by atoms with Gasteiger partial charge in [0.25, 0.3) is 0 Å². The highest BCUT2D eigenvalue weighted by atomic mass is 15.1. The Hall–Kier alpha value is -1.50. The van der Waals surface area contributed by atoms with Gasteiger partial charge < -0.3 is 28.3 Å². The van der Waals surface area contributed by atoms with E-state index in [1.165, 1.54) is 12.8 Å². The maximum Gasteiger partial charge on any atom is 0.188 e. The summed E-state index contributed by atoms with van der Waals surface area (Å²) in [6.07, 6.45) is 8.88. The Morgan fingerprint density at radius 2 is 1.29 bits per heavy atom. The molecule has 0 heterocycles. The highest BCUT2D eigenvalue weighted by molar-refractivity contribution is 5.77. The van der Waals surface area contributed by atoms with E-state index in [-0.39, 0.29) is 5.96 Å². The molecule has 0 unspecified atom stereocenters. The van der Waals surface area contributed by atoms with Gasteiger partial charge in [-0.05, 0) is 32.2 Å². The Kier molecular flexibility index (Phi) is 13.8. The molecular weight excluding hydrogens is 266 g/mol. The molecule has 0 saturated carbocycles. The van der Waals surface area contributed by atoms with Crippen LogP contribution in [0.15, 0.2) is 9.98 Å². The van der Waals surface area contributed by atoms with E-state index in [9.17, 15) is 0 Å². The van der Waals surface area contributed by atoms with E-state index < -0.39 is 0 Å². The molecule has 0 radical (unpaired) electrons. The highest BCUT2D eigenvalue weighted by Gasteiger charge is 1.93. The smallest absolute Gasteiger partial charge is 0.188 e. The van der Waals surface area contributed by atoms with Gasteiger partial charge in [-0.25, -0.2) is 0 Å². The second kappa shape index (κ2) is 14.9. The molecule has 0 spiro atoms. The molecule has 0 bridgehead atoms. The first-order valence-corrected chi connectivity index (χ1v) is 7.96. The van der Waals surface area contributed by atoms with Gasteiger partial charge >= 0.3 is 0 Å². The fourth-order valence-corrected chi connectivity index (χ4v) is 1.88. The van der Waals surface area contributed by atoms with E-state index in [0.717, 1.165) is 58.2 Å². The molecule has 0 saturated heterocycles. The highest BCUT2D eigenvalue weighted by Crippen LogP contribution is 1.99. The van der Waals surface area contributed by atoms with Crippen LogP contribution in [0.2, 0.25) is 0 Å². The van der Waals surface area contributed by atoms with Crippen LogP contribution in [0, 0.1) is 0 Å². The van der Waals surface area contributed by atoms with E-state index in [1.54, 1.807) is 0 Å². The van der Waals surface area contributed by atoms with Crippen LogP contribution in [0.3, 0.4) is 0 Å². The standard InChI is InChI=1S/C14H33N7/c15-9-5-1-2-7-11-20-14(18)21-12-8-4-3-6-10-19-13(16)17/h1-12,15H2,(H4,16,17,19)(H3,18,20,21). The second-order valence-electron chi connectivity index (χ2n) is 5.12. The van der Waals surface area contributed by atoms with E-state index in [4.69, 9.17) is 22.9 Å². The lowest BCUT2D eigenvalue weighted by molar-refractivity contribution is 0.633. The molecule has 124 valence electrons. The third-order valence-electron chi connectivity index (χ3n) is 3.08. The largest absolute Gasteiger partial charge is 0.370 e. The molecule has 0 aliphatic heterocycles. The van der Waals surface area contributed by atoms with Gasteiger partial charge in [0.05, 0.1) is 0 Å². The first-order valence-electron chi connectivity index (χ1n) is 7.96. The van der Waals surface area contributed by atoms with Gasteiger partial charge in [0.15, 0.2) is 11.9 Å². The van der Waals surface area contributed by atoms with Crippen LogP contribution in [-0.2, 0) is 0 Å². The summed E-state index contributed by atoms with van der Waals surface area (Å²) < 4.78 is 0.